The molecule has 1 aliphatic rings. The van der Waals surface area contributed by atoms with Crippen molar-refractivity contribution in [3.63, 3.8) is 0 Å². The largest absolute Gasteiger partial charge is 0.368 e. The number of benzene rings is 1. The fourth-order valence-electron chi connectivity index (χ4n) is 2.97. The van der Waals surface area contributed by atoms with Gasteiger partial charge in [0.1, 0.15) is 5.82 Å². The summed E-state index contributed by atoms with van der Waals surface area (Å²) in [5.74, 6) is 0.719. The summed E-state index contributed by atoms with van der Waals surface area (Å²) < 4.78 is 1.68. The van der Waals surface area contributed by atoms with Gasteiger partial charge in [0.2, 0.25) is 5.91 Å². The van der Waals surface area contributed by atoms with E-state index in [0.29, 0.717) is 6.54 Å². The van der Waals surface area contributed by atoms with Crippen LogP contribution < -0.4 is 10.2 Å². The Kier molecular flexibility index (Phi) is 5.06. The Hall–Kier alpha value is -2.05. The average Bonchev–Trinajstić information content (AvgIpc) is 2.86. The highest BCUT2D eigenvalue weighted by Gasteiger charge is 2.20. The molecule has 3 rings (SSSR count). The number of para-hydroxylation sites is 1. The second-order valence-corrected chi connectivity index (χ2v) is 6.46. The minimum Gasteiger partial charge on any atom is -0.368 e. The molecule has 1 saturated heterocycles. The van der Waals surface area contributed by atoms with Crippen LogP contribution in [0.1, 0.15) is 5.69 Å². The number of anilines is 2. The lowest BCUT2D eigenvalue weighted by Gasteiger charge is -2.36. The maximum absolute atomic E-state index is 12.2. The molecule has 1 fully saturated rings. The van der Waals surface area contributed by atoms with E-state index in [4.69, 9.17) is 11.6 Å². The number of amides is 1. The number of carbonyl (C=O) groups is 1. The van der Waals surface area contributed by atoms with Gasteiger partial charge in [-0.1, -0.05) is 23.7 Å². The molecule has 2 heterocycles. The molecule has 6 nitrogen and oxygen atoms in total. The number of nitrogens with one attached hydrogen (secondary N) is 1. The summed E-state index contributed by atoms with van der Waals surface area (Å²) in [5, 5.41) is 7.92. The van der Waals surface area contributed by atoms with Gasteiger partial charge in [-0.15, -0.1) is 0 Å². The van der Waals surface area contributed by atoms with Crippen molar-refractivity contribution in [3.8, 4) is 0 Å². The number of piperazine rings is 1. The van der Waals surface area contributed by atoms with Crippen LogP contribution in [0.15, 0.2) is 30.3 Å². The molecule has 0 radical (unpaired) electrons. The van der Waals surface area contributed by atoms with E-state index in [9.17, 15) is 4.79 Å². The number of aryl methyl sites for hydroxylation is 2. The zero-order valence-corrected chi connectivity index (χ0v) is 14.8. The van der Waals surface area contributed by atoms with Crippen LogP contribution in [0.5, 0.6) is 0 Å². The summed E-state index contributed by atoms with van der Waals surface area (Å²) in [4.78, 5) is 16.6. The van der Waals surface area contributed by atoms with Crippen molar-refractivity contribution in [1.29, 1.82) is 0 Å². The molecule has 0 saturated carbocycles. The summed E-state index contributed by atoms with van der Waals surface area (Å²) in [6.45, 7) is 5.69. The zero-order valence-electron chi connectivity index (χ0n) is 14.0. The Labute approximate surface area is 147 Å². The first-order valence-corrected chi connectivity index (χ1v) is 8.43. The van der Waals surface area contributed by atoms with Crippen molar-refractivity contribution in [1.82, 2.24) is 14.7 Å². The van der Waals surface area contributed by atoms with Gasteiger partial charge in [0.05, 0.1) is 22.9 Å². The molecule has 24 heavy (non-hydrogen) atoms. The summed E-state index contributed by atoms with van der Waals surface area (Å²) in [7, 11) is 1.82. The molecule has 1 N–H and O–H groups in total. The summed E-state index contributed by atoms with van der Waals surface area (Å²) >= 11 is 6.26. The molecule has 2 aromatic rings. The highest BCUT2D eigenvalue weighted by Crippen LogP contribution is 2.25. The molecular weight excluding hydrogens is 326 g/mol. The van der Waals surface area contributed by atoms with Gasteiger partial charge >= 0.3 is 0 Å². The predicted molar refractivity (Wildman–Crippen MR) is 96.7 cm³/mol. The summed E-state index contributed by atoms with van der Waals surface area (Å²) in [5.41, 5.74) is 1.95. The van der Waals surface area contributed by atoms with Crippen LogP contribution in [0.2, 0.25) is 5.02 Å². The summed E-state index contributed by atoms with van der Waals surface area (Å²) in [6, 6.07) is 9.75. The van der Waals surface area contributed by atoms with Crippen LogP contribution in [-0.4, -0.2) is 53.3 Å². The highest BCUT2D eigenvalue weighted by atomic mass is 35.5. The van der Waals surface area contributed by atoms with Crippen LogP contribution >= 0.6 is 11.6 Å². The van der Waals surface area contributed by atoms with Gasteiger partial charge in [0.15, 0.2) is 0 Å². The van der Waals surface area contributed by atoms with E-state index in [1.165, 1.54) is 0 Å². The Morgan fingerprint density at radius 3 is 2.58 bits per heavy atom. The monoisotopic (exact) mass is 347 g/mol. The minimum absolute atomic E-state index is 0.0100. The van der Waals surface area contributed by atoms with Crippen molar-refractivity contribution in [2.24, 2.45) is 7.05 Å². The third kappa shape index (κ3) is 3.88. The SMILES string of the molecule is Cc1cc(NC(=O)CN2CCN(c3ccccc3Cl)CC2)n(C)n1. The number of carbonyl (C=O) groups excluding carboxylic acids is 1. The quantitative estimate of drug-likeness (QED) is 0.920. The molecule has 0 spiro atoms. The second kappa shape index (κ2) is 7.23. The van der Waals surface area contributed by atoms with E-state index in [2.05, 4.69) is 20.2 Å². The standard InChI is InChI=1S/C17H22ClN5O/c1-13-11-16(21(2)20-13)19-17(24)12-22-7-9-23(10-8-22)15-6-4-3-5-14(15)18/h3-6,11H,7-10,12H2,1-2H3,(H,19,24). The van der Waals surface area contributed by atoms with Gasteiger partial charge in [-0.05, 0) is 19.1 Å². The van der Waals surface area contributed by atoms with Gasteiger partial charge in [0.25, 0.3) is 0 Å². The Morgan fingerprint density at radius 1 is 1.25 bits per heavy atom. The van der Waals surface area contributed by atoms with E-state index < -0.39 is 0 Å². The Balaban J connectivity index is 1.51. The molecule has 1 aromatic carbocycles. The third-order valence-corrected chi connectivity index (χ3v) is 4.52. The van der Waals surface area contributed by atoms with Crippen molar-refractivity contribution >= 4 is 29.0 Å². The van der Waals surface area contributed by atoms with Crippen LogP contribution in [0.4, 0.5) is 11.5 Å². The van der Waals surface area contributed by atoms with Gasteiger partial charge in [0, 0.05) is 39.3 Å². The normalized spacial score (nSPS) is 15.5. The molecule has 0 bridgehead atoms. The van der Waals surface area contributed by atoms with Crippen LogP contribution in [-0.2, 0) is 11.8 Å². The van der Waals surface area contributed by atoms with Crippen molar-refractivity contribution in [2.45, 2.75) is 6.92 Å². The molecule has 1 amide bonds. The van der Waals surface area contributed by atoms with Crippen molar-refractivity contribution < 1.29 is 4.79 Å². The number of rotatable bonds is 4. The Morgan fingerprint density at radius 2 is 1.96 bits per heavy atom. The zero-order chi connectivity index (χ0) is 17.1. The first-order chi connectivity index (χ1) is 11.5. The summed E-state index contributed by atoms with van der Waals surface area (Å²) in [6.07, 6.45) is 0. The number of hydrogen-bond acceptors (Lipinski definition) is 4. The van der Waals surface area contributed by atoms with Crippen molar-refractivity contribution in [3.05, 3.63) is 41.0 Å². The molecule has 7 heteroatoms. The lowest BCUT2D eigenvalue weighted by atomic mass is 10.2. The molecule has 1 aliphatic heterocycles. The fraction of sp³-hybridized carbons (Fsp3) is 0.412. The van der Waals surface area contributed by atoms with Gasteiger partial charge < -0.3 is 10.2 Å². The Bertz CT molecular complexity index is 722. The smallest absolute Gasteiger partial charge is 0.239 e. The number of aromatic nitrogens is 2. The molecule has 128 valence electrons. The van der Waals surface area contributed by atoms with Crippen molar-refractivity contribution in [2.75, 3.05) is 42.9 Å². The lowest BCUT2D eigenvalue weighted by Crippen LogP contribution is -2.48. The lowest BCUT2D eigenvalue weighted by molar-refractivity contribution is -0.117. The molecule has 1 aromatic heterocycles. The number of hydrogen-bond donors (Lipinski definition) is 1. The van der Waals surface area contributed by atoms with E-state index in [-0.39, 0.29) is 5.91 Å². The molecule has 0 unspecified atom stereocenters. The van der Waals surface area contributed by atoms with E-state index in [1.807, 2.05) is 44.3 Å². The maximum Gasteiger partial charge on any atom is 0.239 e. The first kappa shape index (κ1) is 16.8. The number of nitrogens with zero attached hydrogens (tertiary/aromatic N) is 4. The predicted octanol–water partition coefficient (Wildman–Crippen LogP) is 2.14. The topological polar surface area (TPSA) is 53.4 Å². The van der Waals surface area contributed by atoms with Crippen LogP contribution in [0.25, 0.3) is 0 Å². The van der Waals surface area contributed by atoms with Crippen LogP contribution in [0, 0.1) is 6.92 Å². The average molecular weight is 348 g/mol. The van der Waals surface area contributed by atoms with Gasteiger partial charge in [-0.2, -0.15) is 5.10 Å². The van der Waals surface area contributed by atoms with Gasteiger partial charge in [-0.3, -0.25) is 14.4 Å². The maximum atomic E-state index is 12.2. The number of halogens is 1. The van der Waals surface area contributed by atoms with Gasteiger partial charge in [-0.25, -0.2) is 0 Å². The van der Waals surface area contributed by atoms with Crippen LogP contribution in [0.3, 0.4) is 0 Å². The third-order valence-electron chi connectivity index (χ3n) is 4.20. The first-order valence-electron chi connectivity index (χ1n) is 8.05. The molecule has 0 atom stereocenters. The second-order valence-electron chi connectivity index (χ2n) is 6.06. The highest BCUT2D eigenvalue weighted by molar-refractivity contribution is 6.33. The van der Waals surface area contributed by atoms with E-state index in [0.717, 1.165) is 48.4 Å². The molecule has 0 aliphatic carbocycles. The van der Waals surface area contributed by atoms with E-state index >= 15 is 0 Å². The minimum atomic E-state index is -0.0100. The molecular formula is C17H22ClN5O. The van der Waals surface area contributed by atoms with E-state index in [1.54, 1.807) is 4.68 Å². The fourth-order valence-corrected chi connectivity index (χ4v) is 3.22.